The molecule has 0 aromatic carbocycles. The first kappa shape index (κ1) is 9.40. The van der Waals surface area contributed by atoms with E-state index >= 15 is 0 Å². The van der Waals surface area contributed by atoms with Crippen molar-refractivity contribution in [2.24, 2.45) is 7.05 Å². The molecule has 0 amide bonds. The van der Waals surface area contributed by atoms with Crippen molar-refractivity contribution >= 4 is 11.3 Å². The second kappa shape index (κ2) is 3.53. The van der Waals surface area contributed by atoms with Crippen LogP contribution in [0.3, 0.4) is 0 Å². The number of aromatic nitrogens is 3. The van der Waals surface area contributed by atoms with E-state index in [0.29, 0.717) is 5.92 Å². The van der Waals surface area contributed by atoms with Crippen LogP contribution in [0.4, 0.5) is 0 Å². The van der Waals surface area contributed by atoms with Gasteiger partial charge in [-0.3, -0.25) is 4.68 Å². The molecular weight excluding hydrogens is 194 g/mol. The predicted octanol–water partition coefficient (Wildman–Crippen LogP) is 2.67. The second-order valence-corrected chi connectivity index (χ2v) is 4.49. The summed E-state index contributed by atoms with van der Waals surface area (Å²) in [5, 5.41) is 7.31. The van der Waals surface area contributed by atoms with E-state index in [0.717, 1.165) is 16.3 Å². The van der Waals surface area contributed by atoms with Crippen LogP contribution in [0.5, 0.6) is 0 Å². The summed E-state index contributed by atoms with van der Waals surface area (Å²) >= 11 is 1.68. The lowest BCUT2D eigenvalue weighted by Crippen LogP contribution is -1.86. The molecule has 2 rings (SSSR count). The zero-order valence-electron chi connectivity index (χ0n) is 8.56. The molecule has 0 aliphatic rings. The highest BCUT2D eigenvalue weighted by Gasteiger charge is 2.08. The fourth-order valence-electron chi connectivity index (χ4n) is 1.22. The topological polar surface area (TPSA) is 30.7 Å². The van der Waals surface area contributed by atoms with Crippen molar-refractivity contribution < 1.29 is 0 Å². The molecule has 4 heteroatoms. The van der Waals surface area contributed by atoms with Crippen LogP contribution in [-0.2, 0) is 7.05 Å². The minimum absolute atomic E-state index is 0.497. The van der Waals surface area contributed by atoms with E-state index in [1.54, 1.807) is 16.0 Å². The van der Waals surface area contributed by atoms with Gasteiger partial charge in [-0.15, -0.1) is 11.3 Å². The third-order valence-corrected chi connectivity index (χ3v) is 2.97. The van der Waals surface area contributed by atoms with Gasteiger partial charge < -0.3 is 0 Å². The van der Waals surface area contributed by atoms with Crippen molar-refractivity contribution in [2.45, 2.75) is 19.8 Å². The molecule has 0 N–H and O–H groups in total. The summed E-state index contributed by atoms with van der Waals surface area (Å²) in [4.78, 5) is 4.56. The molecule has 0 bridgehead atoms. The van der Waals surface area contributed by atoms with E-state index in [4.69, 9.17) is 0 Å². The van der Waals surface area contributed by atoms with Crippen LogP contribution in [0, 0.1) is 0 Å². The molecule has 14 heavy (non-hydrogen) atoms. The van der Waals surface area contributed by atoms with Gasteiger partial charge >= 0.3 is 0 Å². The van der Waals surface area contributed by atoms with Gasteiger partial charge in [0.1, 0.15) is 5.01 Å². The molecule has 3 nitrogen and oxygen atoms in total. The number of thiazole rings is 1. The third-order valence-electron chi connectivity index (χ3n) is 2.07. The summed E-state index contributed by atoms with van der Waals surface area (Å²) in [5.41, 5.74) is 2.26. The van der Waals surface area contributed by atoms with Crippen LogP contribution in [0.15, 0.2) is 17.8 Å². The van der Waals surface area contributed by atoms with Gasteiger partial charge in [-0.25, -0.2) is 4.98 Å². The summed E-state index contributed by atoms with van der Waals surface area (Å²) in [6.07, 6.45) is 3.84. The number of hydrogen-bond acceptors (Lipinski definition) is 3. The van der Waals surface area contributed by atoms with Crippen LogP contribution in [-0.4, -0.2) is 14.8 Å². The first-order valence-electron chi connectivity index (χ1n) is 4.61. The van der Waals surface area contributed by atoms with Gasteiger partial charge in [0.2, 0.25) is 0 Å². The number of nitrogens with zero attached hydrogens (tertiary/aromatic N) is 3. The zero-order chi connectivity index (χ0) is 10.1. The number of aryl methyl sites for hydroxylation is 1. The zero-order valence-corrected chi connectivity index (χ0v) is 9.38. The maximum atomic E-state index is 4.56. The van der Waals surface area contributed by atoms with Crippen LogP contribution in [0.25, 0.3) is 10.6 Å². The Morgan fingerprint density at radius 1 is 1.43 bits per heavy atom. The standard InChI is InChI=1S/C10H13N3S/c1-7(2)9-6-14-10(12-9)8-4-11-13(3)5-8/h4-7H,1-3H3. The quantitative estimate of drug-likeness (QED) is 0.758. The fraction of sp³-hybridized carbons (Fsp3) is 0.400. The Bertz CT molecular complexity index is 428. The first-order valence-corrected chi connectivity index (χ1v) is 5.49. The van der Waals surface area contributed by atoms with E-state index < -0.39 is 0 Å². The molecule has 0 spiro atoms. The van der Waals surface area contributed by atoms with E-state index in [9.17, 15) is 0 Å². The van der Waals surface area contributed by atoms with E-state index in [2.05, 4.69) is 29.3 Å². The number of rotatable bonds is 2. The van der Waals surface area contributed by atoms with Crippen LogP contribution < -0.4 is 0 Å². The molecule has 2 aromatic rings. The lowest BCUT2D eigenvalue weighted by atomic mass is 10.2. The minimum Gasteiger partial charge on any atom is -0.275 e. The van der Waals surface area contributed by atoms with Gasteiger partial charge in [-0.05, 0) is 5.92 Å². The molecule has 0 saturated carbocycles. The molecule has 0 aliphatic carbocycles. The Morgan fingerprint density at radius 3 is 2.71 bits per heavy atom. The van der Waals surface area contributed by atoms with Gasteiger partial charge in [0.25, 0.3) is 0 Å². The maximum absolute atomic E-state index is 4.56. The fourth-order valence-corrected chi connectivity index (χ4v) is 2.17. The summed E-state index contributed by atoms with van der Waals surface area (Å²) in [6.45, 7) is 4.31. The van der Waals surface area contributed by atoms with Crippen molar-refractivity contribution in [3.8, 4) is 10.6 Å². The van der Waals surface area contributed by atoms with Crippen LogP contribution in [0.1, 0.15) is 25.5 Å². The van der Waals surface area contributed by atoms with Crippen molar-refractivity contribution in [2.75, 3.05) is 0 Å². The lowest BCUT2D eigenvalue weighted by molar-refractivity contribution is 0.768. The third kappa shape index (κ3) is 1.70. The summed E-state index contributed by atoms with van der Waals surface area (Å²) in [5.74, 6) is 0.497. The van der Waals surface area contributed by atoms with Gasteiger partial charge in [-0.1, -0.05) is 13.8 Å². The minimum atomic E-state index is 0.497. The lowest BCUT2D eigenvalue weighted by Gasteiger charge is -1.96. The largest absolute Gasteiger partial charge is 0.275 e. The molecule has 0 aliphatic heterocycles. The van der Waals surface area contributed by atoms with Gasteiger partial charge in [0, 0.05) is 24.2 Å². The molecule has 0 atom stereocenters. The molecule has 0 fully saturated rings. The normalized spacial score (nSPS) is 11.1. The van der Waals surface area contributed by atoms with Crippen molar-refractivity contribution in [3.63, 3.8) is 0 Å². The molecule has 0 saturated heterocycles. The highest BCUT2D eigenvalue weighted by Crippen LogP contribution is 2.25. The Morgan fingerprint density at radius 2 is 2.21 bits per heavy atom. The smallest absolute Gasteiger partial charge is 0.126 e. The maximum Gasteiger partial charge on any atom is 0.126 e. The Kier molecular flexibility index (Phi) is 2.37. The first-order chi connectivity index (χ1) is 6.66. The van der Waals surface area contributed by atoms with Crippen molar-refractivity contribution in [3.05, 3.63) is 23.5 Å². The predicted molar refractivity (Wildman–Crippen MR) is 58.4 cm³/mol. The van der Waals surface area contributed by atoms with Gasteiger partial charge in [-0.2, -0.15) is 5.10 Å². The summed E-state index contributed by atoms with van der Waals surface area (Å²) in [7, 11) is 1.92. The molecule has 74 valence electrons. The molecule has 2 heterocycles. The Hall–Kier alpha value is -1.16. The van der Waals surface area contributed by atoms with Gasteiger partial charge in [0.15, 0.2) is 0 Å². The van der Waals surface area contributed by atoms with Crippen molar-refractivity contribution in [1.82, 2.24) is 14.8 Å². The molecular formula is C10H13N3S. The van der Waals surface area contributed by atoms with Crippen LogP contribution in [0.2, 0.25) is 0 Å². The SMILES string of the molecule is CC(C)c1csc(-c2cnn(C)c2)n1. The van der Waals surface area contributed by atoms with Crippen molar-refractivity contribution in [1.29, 1.82) is 0 Å². The Labute approximate surface area is 87.4 Å². The average Bonchev–Trinajstić information content (AvgIpc) is 2.70. The van der Waals surface area contributed by atoms with Gasteiger partial charge in [0.05, 0.1) is 11.9 Å². The highest BCUT2D eigenvalue weighted by atomic mass is 32.1. The number of hydrogen-bond donors (Lipinski definition) is 0. The summed E-state index contributed by atoms with van der Waals surface area (Å²) < 4.78 is 1.80. The van der Waals surface area contributed by atoms with Crippen LogP contribution >= 0.6 is 11.3 Å². The molecule has 0 unspecified atom stereocenters. The van der Waals surface area contributed by atoms with E-state index in [-0.39, 0.29) is 0 Å². The monoisotopic (exact) mass is 207 g/mol. The highest BCUT2D eigenvalue weighted by molar-refractivity contribution is 7.13. The van der Waals surface area contributed by atoms with E-state index in [1.165, 1.54) is 0 Å². The van der Waals surface area contributed by atoms with E-state index in [1.807, 2.05) is 19.4 Å². The summed E-state index contributed by atoms with van der Waals surface area (Å²) in [6, 6.07) is 0. The average molecular weight is 207 g/mol. The Balaban J connectivity index is 2.33. The molecule has 0 radical (unpaired) electrons. The molecule has 2 aromatic heterocycles. The second-order valence-electron chi connectivity index (χ2n) is 3.63.